The van der Waals surface area contributed by atoms with Crippen LogP contribution >= 0.6 is 18.8 Å². The minimum absolute atomic E-state index is 0.0766. The van der Waals surface area contributed by atoms with Gasteiger partial charge in [0.25, 0.3) is 0 Å². The molecule has 0 amide bonds. The molecule has 1 fully saturated rings. The normalized spacial score (nSPS) is 19.2. The highest BCUT2D eigenvalue weighted by atomic mass is 33.1. The zero-order valence-electron chi connectivity index (χ0n) is 23.8. The van der Waals surface area contributed by atoms with Crippen LogP contribution in [0.25, 0.3) is 0 Å². The van der Waals surface area contributed by atoms with E-state index >= 15 is 0 Å². The molecule has 1 aliphatic rings. The topological polar surface area (TPSA) is 104 Å². The number of ether oxygens (including phenoxy) is 4. The van der Waals surface area contributed by atoms with Gasteiger partial charge in [-0.15, -0.1) is 0 Å². The molecule has 3 aromatic carbocycles. The number of methoxy groups -OCH3 is 2. The van der Waals surface area contributed by atoms with Gasteiger partial charge in [-0.25, -0.2) is 14.3 Å². The highest BCUT2D eigenvalue weighted by molar-refractivity contribution is 8.70. The summed E-state index contributed by atoms with van der Waals surface area (Å²) < 4.78 is 31.6. The molecule has 43 heavy (non-hydrogen) atoms. The Balaban J connectivity index is 1.57. The second-order valence-electron chi connectivity index (χ2n) is 10.0. The highest BCUT2D eigenvalue weighted by Gasteiger charge is 2.44. The monoisotopic (exact) mass is 639 g/mol. The molecule has 0 saturated carbocycles. The van der Waals surface area contributed by atoms with E-state index in [0.717, 1.165) is 16.7 Å². The number of aromatic nitrogens is 2. The van der Waals surface area contributed by atoms with Crippen molar-refractivity contribution in [2.45, 2.75) is 37.4 Å². The van der Waals surface area contributed by atoms with Gasteiger partial charge >= 0.3 is 5.69 Å². The summed E-state index contributed by atoms with van der Waals surface area (Å²) in [6, 6.07) is 25.3. The summed E-state index contributed by atoms with van der Waals surface area (Å²) >= 11 is 9.69. The van der Waals surface area contributed by atoms with Crippen LogP contribution in [0.15, 0.2) is 89.9 Å². The Morgan fingerprint density at radius 2 is 1.56 bits per heavy atom. The van der Waals surface area contributed by atoms with E-state index in [2.05, 4.69) is 17.2 Å². The van der Waals surface area contributed by atoms with E-state index in [1.54, 1.807) is 21.1 Å². The van der Waals surface area contributed by atoms with Gasteiger partial charge in [0.15, 0.2) is 0 Å². The Kier molecular flexibility index (Phi) is 10.0. The molecule has 4 atom stereocenters. The van der Waals surface area contributed by atoms with Gasteiger partial charge < -0.3 is 36.3 Å². The van der Waals surface area contributed by atoms with Gasteiger partial charge in [0.05, 0.1) is 27.4 Å². The van der Waals surface area contributed by atoms with Crippen LogP contribution < -0.4 is 20.3 Å². The molecule has 1 saturated heterocycles. The molecule has 0 radical (unpaired) electrons. The summed E-state index contributed by atoms with van der Waals surface area (Å²) in [4.78, 5) is 16.3. The summed E-state index contributed by atoms with van der Waals surface area (Å²) in [6.45, 7) is -0.162. The van der Waals surface area contributed by atoms with Crippen molar-refractivity contribution in [1.29, 1.82) is 0 Å². The van der Waals surface area contributed by atoms with Crippen LogP contribution in [0, 0.1) is 6.92 Å². The maximum Gasteiger partial charge on any atom is 0.349 e. The van der Waals surface area contributed by atoms with E-state index in [4.69, 9.17) is 35.7 Å². The van der Waals surface area contributed by atoms with Crippen molar-refractivity contribution in [1.82, 2.24) is 9.55 Å². The minimum Gasteiger partial charge on any atom is -0.858 e. The number of aryl methyl sites for hydroxylation is 1. The molecule has 0 aliphatic carbocycles. The van der Waals surface area contributed by atoms with Crippen LogP contribution in [0.5, 0.6) is 17.4 Å². The number of hydrogen-bond acceptors (Lipinski definition) is 10. The predicted octanol–water partition coefficient (Wildman–Crippen LogP) is 4.76. The SMILES string of the molecule is COc1ccc(C(OC[C@H]2O[C@@H](n3cc(C)c([O-])nc3=O)C[C@@H]2O[PH+]([S-])S)(c2ccccc2)c2ccc(OC)cc2)cc1. The van der Waals surface area contributed by atoms with Crippen LogP contribution in [0.4, 0.5) is 0 Å². The van der Waals surface area contributed by atoms with Crippen molar-refractivity contribution in [3.8, 4) is 17.4 Å². The molecule has 2 heterocycles. The van der Waals surface area contributed by atoms with Crippen molar-refractivity contribution in [2.24, 2.45) is 0 Å². The second kappa shape index (κ2) is 13.7. The molecule has 9 nitrogen and oxygen atoms in total. The number of rotatable bonds is 11. The Morgan fingerprint density at radius 3 is 2.09 bits per heavy atom. The third-order valence-electron chi connectivity index (χ3n) is 7.47. The maximum atomic E-state index is 12.6. The average molecular weight is 640 g/mol. The number of hydrogen-bond donors (Lipinski definition) is 1. The predicted molar refractivity (Wildman–Crippen MR) is 169 cm³/mol. The fourth-order valence-electron chi connectivity index (χ4n) is 5.31. The zero-order chi connectivity index (χ0) is 30.6. The lowest BCUT2D eigenvalue weighted by molar-refractivity contribution is -0.276. The molecule has 4 aromatic rings. The average Bonchev–Trinajstić information content (AvgIpc) is 3.41. The van der Waals surface area contributed by atoms with Gasteiger partial charge in [0.1, 0.15) is 35.5 Å². The molecule has 1 aromatic heterocycles. The second-order valence-corrected chi connectivity index (χ2v) is 14.0. The van der Waals surface area contributed by atoms with Crippen LogP contribution in [0.2, 0.25) is 0 Å². The van der Waals surface area contributed by atoms with Crippen LogP contribution in [0.3, 0.4) is 0 Å². The van der Waals surface area contributed by atoms with Gasteiger partial charge in [-0.3, -0.25) is 4.57 Å². The van der Waals surface area contributed by atoms with E-state index in [1.807, 2.05) is 78.9 Å². The van der Waals surface area contributed by atoms with Gasteiger partial charge in [0, 0.05) is 24.9 Å². The lowest BCUT2D eigenvalue weighted by Gasteiger charge is -2.37. The molecule has 1 unspecified atom stereocenters. The number of benzene rings is 3. The fraction of sp³-hybridized carbons (Fsp3) is 0.290. The molecular formula is C31H32N2O7PS2-. The Labute approximate surface area is 261 Å². The summed E-state index contributed by atoms with van der Waals surface area (Å²) in [6.07, 6.45) is -0.0730. The molecule has 0 bridgehead atoms. The minimum atomic E-state index is -1.84. The Morgan fingerprint density at radius 1 is 1.00 bits per heavy atom. The first-order valence-electron chi connectivity index (χ1n) is 13.6. The van der Waals surface area contributed by atoms with Crippen LogP contribution in [0.1, 0.15) is 34.9 Å². The van der Waals surface area contributed by atoms with Crippen molar-refractivity contribution in [3.63, 3.8) is 0 Å². The lowest BCUT2D eigenvalue weighted by Crippen LogP contribution is -2.38. The third-order valence-corrected chi connectivity index (χ3v) is 8.58. The molecular weight excluding hydrogens is 607 g/mol. The highest BCUT2D eigenvalue weighted by Crippen LogP contribution is 2.46. The molecule has 5 rings (SSSR count). The van der Waals surface area contributed by atoms with Crippen molar-refractivity contribution in [2.75, 3.05) is 20.8 Å². The van der Waals surface area contributed by atoms with Gasteiger partial charge in [-0.1, -0.05) is 54.6 Å². The largest absolute Gasteiger partial charge is 0.858 e. The van der Waals surface area contributed by atoms with Gasteiger partial charge in [0.2, 0.25) is 0 Å². The molecule has 0 spiro atoms. The lowest BCUT2D eigenvalue weighted by atomic mass is 9.80. The quantitative estimate of drug-likeness (QED) is 0.108. The third kappa shape index (κ3) is 6.72. The molecule has 0 N–H and O–H groups in total. The zero-order valence-corrected chi connectivity index (χ0v) is 26.5. The van der Waals surface area contributed by atoms with E-state index in [9.17, 15) is 9.90 Å². The summed E-state index contributed by atoms with van der Waals surface area (Å²) in [5.74, 6) is 0.858. The van der Waals surface area contributed by atoms with Crippen LogP contribution in [-0.2, 0) is 31.8 Å². The first-order valence-corrected chi connectivity index (χ1v) is 17.4. The first-order chi connectivity index (χ1) is 20.7. The molecule has 1 aliphatic heterocycles. The molecule has 226 valence electrons. The van der Waals surface area contributed by atoms with E-state index in [-0.39, 0.29) is 6.61 Å². The Bertz CT molecular complexity index is 1520. The number of nitrogens with zero attached hydrogens (tertiary/aromatic N) is 2. The van der Waals surface area contributed by atoms with E-state index in [1.165, 1.54) is 10.8 Å². The fourth-order valence-corrected chi connectivity index (χ4v) is 6.60. The maximum absolute atomic E-state index is 12.6. The standard InChI is InChI=1S/C31H33N2O7PS2/c1-20-18-33(30(35)32-29(20)34)28-17-26(40-41(42)43)27(39-28)19-38-31(21-7-5-4-6-8-21,22-9-13-24(36-2)14-10-22)23-11-15-25(37-3)16-12-23/h4-16,18,26-28,41-42H,17,19H2,1-3H3,(H,32,34,35)/p-1/t26-,27+,28+/m0/s1. The summed E-state index contributed by atoms with van der Waals surface area (Å²) in [5.41, 5.74) is 1.19. The summed E-state index contributed by atoms with van der Waals surface area (Å²) in [7, 11) is 3.24. The van der Waals surface area contributed by atoms with E-state index < -0.39 is 42.2 Å². The van der Waals surface area contributed by atoms with E-state index in [0.29, 0.717) is 23.5 Å². The molecule has 12 heteroatoms. The van der Waals surface area contributed by atoms with Crippen molar-refractivity contribution < 1.29 is 28.6 Å². The van der Waals surface area contributed by atoms with Crippen molar-refractivity contribution in [3.05, 3.63) is 118 Å². The van der Waals surface area contributed by atoms with Crippen molar-refractivity contribution >= 4 is 31.0 Å². The smallest absolute Gasteiger partial charge is 0.349 e. The van der Waals surface area contributed by atoms with Gasteiger partial charge in [-0.2, -0.15) is 0 Å². The number of thiol groups is 1. The Hall–Kier alpha value is -3.05. The first kappa shape index (κ1) is 31.4. The van der Waals surface area contributed by atoms with Gasteiger partial charge in [-0.05, 0) is 59.3 Å². The van der Waals surface area contributed by atoms with Crippen LogP contribution in [-0.4, -0.2) is 42.6 Å². The summed E-state index contributed by atoms with van der Waals surface area (Å²) in [5, 5.41) is 11.9.